The molecule has 0 aliphatic carbocycles. The topological polar surface area (TPSA) is 77.4 Å². The maximum atomic E-state index is 14.3. The first-order valence-corrected chi connectivity index (χ1v) is 9.34. The quantitative estimate of drug-likeness (QED) is 0.572. The summed E-state index contributed by atoms with van der Waals surface area (Å²) < 4.78 is 26.9. The lowest BCUT2D eigenvalue weighted by molar-refractivity contribution is -0.114. The van der Waals surface area contributed by atoms with Crippen molar-refractivity contribution in [3.8, 4) is 17.2 Å². The molecule has 0 aliphatic rings. The average Bonchev–Trinajstić information content (AvgIpc) is 3.24. The van der Waals surface area contributed by atoms with Gasteiger partial charge in [-0.15, -0.1) is 0 Å². The molecule has 0 saturated carbocycles. The first-order valence-electron chi connectivity index (χ1n) is 9.34. The SMILES string of the molecule is CCOc1ccc(NC(=O)CNc2c(F)cccc2-n2cccn2)cc1OCC. The monoisotopic (exact) mass is 398 g/mol. The summed E-state index contributed by atoms with van der Waals surface area (Å²) in [4.78, 5) is 12.4. The molecule has 3 rings (SSSR count). The van der Waals surface area contributed by atoms with E-state index in [0.29, 0.717) is 36.1 Å². The molecular formula is C21H23FN4O3. The summed E-state index contributed by atoms with van der Waals surface area (Å²) in [7, 11) is 0. The first kappa shape index (κ1) is 20.2. The molecule has 2 aromatic carbocycles. The summed E-state index contributed by atoms with van der Waals surface area (Å²) in [6.45, 7) is 4.62. The Labute approximate surface area is 168 Å². The van der Waals surface area contributed by atoms with Crippen LogP contribution in [-0.2, 0) is 4.79 Å². The Bertz CT molecular complexity index is 961. The fourth-order valence-corrected chi connectivity index (χ4v) is 2.79. The molecule has 1 heterocycles. The van der Waals surface area contributed by atoms with Gasteiger partial charge in [0.05, 0.1) is 31.1 Å². The molecule has 152 valence electrons. The summed E-state index contributed by atoms with van der Waals surface area (Å²) in [5, 5.41) is 9.75. The Kier molecular flexibility index (Phi) is 6.67. The van der Waals surface area contributed by atoms with E-state index in [0.717, 1.165) is 0 Å². The standard InChI is InChI=1S/C21H23FN4O3/c1-3-28-18-10-9-15(13-19(18)29-4-2)25-20(27)14-23-21-16(22)7-5-8-17(21)26-12-6-11-24-26/h5-13,23H,3-4,14H2,1-2H3,(H,25,27). The van der Waals surface area contributed by atoms with Crippen LogP contribution in [0.15, 0.2) is 54.9 Å². The highest BCUT2D eigenvalue weighted by Gasteiger charge is 2.13. The van der Waals surface area contributed by atoms with Crippen molar-refractivity contribution in [1.82, 2.24) is 9.78 Å². The van der Waals surface area contributed by atoms with Crippen LogP contribution in [0.25, 0.3) is 5.69 Å². The Balaban J connectivity index is 1.69. The second-order valence-corrected chi connectivity index (χ2v) is 6.01. The largest absolute Gasteiger partial charge is 0.490 e. The van der Waals surface area contributed by atoms with E-state index in [1.54, 1.807) is 48.8 Å². The molecule has 8 heteroatoms. The van der Waals surface area contributed by atoms with E-state index in [-0.39, 0.29) is 18.1 Å². The third kappa shape index (κ3) is 5.04. The van der Waals surface area contributed by atoms with Crippen LogP contribution in [0.5, 0.6) is 11.5 Å². The maximum Gasteiger partial charge on any atom is 0.243 e. The van der Waals surface area contributed by atoms with Crippen molar-refractivity contribution >= 4 is 17.3 Å². The summed E-state index contributed by atoms with van der Waals surface area (Å²) in [6, 6.07) is 11.5. The van der Waals surface area contributed by atoms with E-state index in [4.69, 9.17) is 9.47 Å². The molecule has 7 nitrogen and oxygen atoms in total. The Morgan fingerprint density at radius 3 is 2.62 bits per heavy atom. The predicted octanol–water partition coefficient (Wildman–Crippen LogP) is 3.86. The molecule has 0 radical (unpaired) electrons. The predicted molar refractivity (Wildman–Crippen MR) is 109 cm³/mol. The molecule has 0 fully saturated rings. The summed E-state index contributed by atoms with van der Waals surface area (Å²) in [6.07, 6.45) is 3.30. The highest BCUT2D eigenvalue weighted by atomic mass is 19.1. The number of carbonyl (C=O) groups excluding carboxylic acids is 1. The van der Waals surface area contributed by atoms with E-state index in [9.17, 15) is 9.18 Å². The number of rotatable bonds is 9. The number of hydrogen-bond donors (Lipinski definition) is 2. The van der Waals surface area contributed by atoms with Gasteiger partial charge in [0.25, 0.3) is 0 Å². The highest BCUT2D eigenvalue weighted by Crippen LogP contribution is 2.30. The van der Waals surface area contributed by atoms with E-state index in [1.165, 1.54) is 10.7 Å². The van der Waals surface area contributed by atoms with Gasteiger partial charge in [-0.3, -0.25) is 4.79 Å². The van der Waals surface area contributed by atoms with Crippen LogP contribution >= 0.6 is 0 Å². The molecule has 1 aromatic heterocycles. The van der Waals surface area contributed by atoms with Crippen molar-refractivity contribution in [1.29, 1.82) is 0 Å². The summed E-state index contributed by atoms with van der Waals surface area (Å²) >= 11 is 0. The minimum atomic E-state index is -0.467. The van der Waals surface area contributed by atoms with Crippen molar-refractivity contribution < 1.29 is 18.7 Å². The average molecular weight is 398 g/mol. The number of aromatic nitrogens is 2. The molecule has 0 unspecified atom stereocenters. The third-order valence-electron chi connectivity index (χ3n) is 4.00. The number of anilines is 2. The van der Waals surface area contributed by atoms with Crippen molar-refractivity contribution in [2.45, 2.75) is 13.8 Å². The number of amides is 1. The van der Waals surface area contributed by atoms with Crippen LogP contribution in [0, 0.1) is 5.82 Å². The second kappa shape index (κ2) is 9.59. The number of halogens is 1. The number of nitrogens with one attached hydrogen (secondary N) is 2. The van der Waals surface area contributed by atoms with Gasteiger partial charge in [0, 0.05) is 24.1 Å². The second-order valence-electron chi connectivity index (χ2n) is 6.01. The number of benzene rings is 2. The summed E-state index contributed by atoms with van der Waals surface area (Å²) in [5.41, 5.74) is 1.28. The van der Waals surface area contributed by atoms with Crippen LogP contribution in [-0.4, -0.2) is 35.4 Å². The molecule has 0 saturated heterocycles. The molecule has 0 atom stereocenters. The van der Waals surface area contributed by atoms with E-state index >= 15 is 0 Å². The zero-order valence-corrected chi connectivity index (χ0v) is 16.3. The normalized spacial score (nSPS) is 10.4. The zero-order valence-electron chi connectivity index (χ0n) is 16.3. The van der Waals surface area contributed by atoms with Crippen LogP contribution in [0.4, 0.5) is 15.8 Å². The molecular weight excluding hydrogens is 375 g/mol. The van der Waals surface area contributed by atoms with Crippen molar-refractivity contribution in [3.05, 3.63) is 60.7 Å². The van der Waals surface area contributed by atoms with Gasteiger partial charge in [0.15, 0.2) is 11.5 Å². The van der Waals surface area contributed by atoms with Gasteiger partial charge in [-0.05, 0) is 44.2 Å². The highest BCUT2D eigenvalue weighted by molar-refractivity contribution is 5.94. The summed E-state index contributed by atoms with van der Waals surface area (Å²) in [5.74, 6) is 0.368. The molecule has 3 aromatic rings. The number of ether oxygens (including phenoxy) is 2. The van der Waals surface area contributed by atoms with Gasteiger partial charge in [-0.1, -0.05) is 6.07 Å². The van der Waals surface area contributed by atoms with E-state index < -0.39 is 5.82 Å². The zero-order chi connectivity index (χ0) is 20.6. The maximum absolute atomic E-state index is 14.3. The lowest BCUT2D eigenvalue weighted by Gasteiger charge is -2.14. The van der Waals surface area contributed by atoms with Crippen molar-refractivity contribution in [2.24, 2.45) is 0 Å². The molecule has 1 amide bonds. The van der Waals surface area contributed by atoms with Gasteiger partial charge >= 0.3 is 0 Å². The van der Waals surface area contributed by atoms with Gasteiger partial charge in [-0.25, -0.2) is 9.07 Å². The van der Waals surface area contributed by atoms with E-state index in [1.807, 2.05) is 13.8 Å². The minimum Gasteiger partial charge on any atom is -0.490 e. The Hall–Kier alpha value is -3.55. The number of para-hydroxylation sites is 1. The van der Waals surface area contributed by atoms with E-state index in [2.05, 4.69) is 15.7 Å². The Morgan fingerprint density at radius 1 is 1.10 bits per heavy atom. The van der Waals surface area contributed by atoms with Gasteiger partial charge in [-0.2, -0.15) is 5.10 Å². The van der Waals surface area contributed by atoms with Crippen molar-refractivity contribution in [2.75, 3.05) is 30.4 Å². The van der Waals surface area contributed by atoms with Crippen LogP contribution in [0.3, 0.4) is 0 Å². The van der Waals surface area contributed by atoms with Crippen LogP contribution in [0.1, 0.15) is 13.8 Å². The third-order valence-corrected chi connectivity index (χ3v) is 4.00. The fourth-order valence-electron chi connectivity index (χ4n) is 2.79. The van der Waals surface area contributed by atoms with Gasteiger partial charge in [0.1, 0.15) is 5.82 Å². The van der Waals surface area contributed by atoms with Crippen molar-refractivity contribution in [3.63, 3.8) is 0 Å². The molecule has 29 heavy (non-hydrogen) atoms. The Morgan fingerprint density at radius 2 is 1.90 bits per heavy atom. The molecule has 2 N–H and O–H groups in total. The lowest BCUT2D eigenvalue weighted by Crippen LogP contribution is -2.23. The van der Waals surface area contributed by atoms with Crippen LogP contribution < -0.4 is 20.1 Å². The van der Waals surface area contributed by atoms with Gasteiger partial charge in [0.2, 0.25) is 5.91 Å². The fraction of sp³-hybridized carbons (Fsp3) is 0.238. The van der Waals surface area contributed by atoms with Gasteiger partial charge < -0.3 is 20.1 Å². The minimum absolute atomic E-state index is 0.119. The number of nitrogens with zero attached hydrogens (tertiary/aromatic N) is 2. The number of hydrogen-bond acceptors (Lipinski definition) is 5. The molecule has 0 aliphatic heterocycles. The number of carbonyl (C=O) groups is 1. The van der Waals surface area contributed by atoms with Crippen LogP contribution in [0.2, 0.25) is 0 Å². The lowest BCUT2D eigenvalue weighted by atomic mass is 10.2. The molecule has 0 spiro atoms. The smallest absolute Gasteiger partial charge is 0.243 e. The first-order chi connectivity index (χ1) is 14.1. The molecule has 0 bridgehead atoms.